The van der Waals surface area contributed by atoms with Gasteiger partial charge < -0.3 is 20.4 Å². The van der Waals surface area contributed by atoms with Crippen LogP contribution in [-0.2, 0) is 0 Å². The number of hydrogen-bond donors (Lipinski definition) is 2. The summed E-state index contributed by atoms with van der Waals surface area (Å²) in [6, 6.07) is 0.479. The molecular weight excluding hydrogens is 274 g/mol. The van der Waals surface area contributed by atoms with Crippen LogP contribution in [0.4, 0.5) is 0 Å². The molecule has 0 spiro atoms. The molecule has 1 fully saturated rings. The molecule has 130 valence electrons. The first-order chi connectivity index (χ1) is 10.7. The van der Waals surface area contributed by atoms with Gasteiger partial charge in [-0.15, -0.1) is 0 Å². The molecule has 0 amide bonds. The SMILES string of the molecule is CCNC(=NCCCCN1CCN(CC)CC1)NC(C)CC. The zero-order chi connectivity index (χ0) is 16.2. The standard InChI is InChI=1S/C17H37N5/c1-5-16(4)20-17(18-6-2)19-10-8-9-11-22-14-12-21(7-3)13-15-22/h16H,5-15H2,1-4H3,(H2,18,19,20). The molecule has 1 atom stereocenters. The maximum absolute atomic E-state index is 4.68. The third kappa shape index (κ3) is 7.99. The van der Waals surface area contributed by atoms with Gasteiger partial charge in [0.25, 0.3) is 0 Å². The number of likely N-dealkylation sites (N-methyl/N-ethyl adjacent to an activating group) is 1. The maximum Gasteiger partial charge on any atom is 0.191 e. The van der Waals surface area contributed by atoms with Gasteiger partial charge in [0.1, 0.15) is 0 Å². The smallest absolute Gasteiger partial charge is 0.191 e. The molecule has 5 heteroatoms. The van der Waals surface area contributed by atoms with Crippen molar-refractivity contribution in [1.29, 1.82) is 0 Å². The summed E-state index contributed by atoms with van der Waals surface area (Å²) >= 11 is 0. The van der Waals surface area contributed by atoms with Crippen molar-refractivity contribution in [1.82, 2.24) is 20.4 Å². The minimum atomic E-state index is 0.479. The molecule has 2 N–H and O–H groups in total. The van der Waals surface area contributed by atoms with Crippen LogP contribution in [0.2, 0.25) is 0 Å². The van der Waals surface area contributed by atoms with E-state index in [0.717, 1.165) is 25.5 Å². The highest BCUT2D eigenvalue weighted by Gasteiger charge is 2.14. The number of unbranched alkanes of at least 4 members (excludes halogenated alkanes) is 1. The molecule has 1 saturated heterocycles. The Kier molecular flexibility index (Phi) is 10.2. The van der Waals surface area contributed by atoms with Crippen LogP contribution in [0, 0.1) is 0 Å². The molecule has 1 heterocycles. The molecule has 0 aliphatic carbocycles. The minimum absolute atomic E-state index is 0.479. The highest BCUT2D eigenvalue weighted by Crippen LogP contribution is 2.03. The van der Waals surface area contributed by atoms with E-state index >= 15 is 0 Å². The fraction of sp³-hybridized carbons (Fsp3) is 0.941. The maximum atomic E-state index is 4.68. The molecule has 0 aromatic carbocycles. The Morgan fingerprint density at radius 1 is 1.05 bits per heavy atom. The van der Waals surface area contributed by atoms with Gasteiger partial charge in [0.15, 0.2) is 5.96 Å². The average Bonchev–Trinajstić information content (AvgIpc) is 2.55. The van der Waals surface area contributed by atoms with E-state index in [1.165, 1.54) is 52.1 Å². The summed E-state index contributed by atoms with van der Waals surface area (Å²) < 4.78 is 0. The number of rotatable bonds is 9. The number of piperazine rings is 1. The molecule has 0 bridgehead atoms. The molecule has 1 aliphatic heterocycles. The van der Waals surface area contributed by atoms with Crippen molar-refractivity contribution < 1.29 is 0 Å². The topological polar surface area (TPSA) is 42.9 Å². The number of nitrogens with zero attached hydrogens (tertiary/aromatic N) is 3. The van der Waals surface area contributed by atoms with Crippen LogP contribution in [0.15, 0.2) is 4.99 Å². The Morgan fingerprint density at radius 3 is 2.32 bits per heavy atom. The molecule has 1 rings (SSSR count). The van der Waals surface area contributed by atoms with Crippen LogP contribution in [-0.4, -0.2) is 74.2 Å². The lowest BCUT2D eigenvalue weighted by atomic mass is 10.2. The Hall–Kier alpha value is -0.810. The third-order valence-corrected chi connectivity index (χ3v) is 4.40. The largest absolute Gasteiger partial charge is 0.357 e. The van der Waals surface area contributed by atoms with Gasteiger partial charge in [-0.3, -0.25) is 4.99 Å². The third-order valence-electron chi connectivity index (χ3n) is 4.40. The van der Waals surface area contributed by atoms with Gasteiger partial charge in [-0.1, -0.05) is 13.8 Å². The van der Waals surface area contributed by atoms with Crippen molar-refractivity contribution in [2.75, 3.05) is 52.4 Å². The first kappa shape index (κ1) is 19.2. The predicted octanol–water partition coefficient (Wildman–Crippen LogP) is 1.76. The molecule has 1 aliphatic rings. The molecule has 1 unspecified atom stereocenters. The van der Waals surface area contributed by atoms with Crippen molar-refractivity contribution in [3.63, 3.8) is 0 Å². The Balaban J connectivity index is 2.15. The number of aliphatic imine (C=N–C) groups is 1. The van der Waals surface area contributed by atoms with Crippen LogP contribution in [0.1, 0.15) is 47.0 Å². The lowest BCUT2D eigenvalue weighted by Gasteiger charge is -2.33. The monoisotopic (exact) mass is 311 g/mol. The molecular formula is C17H37N5. The zero-order valence-corrected chi connectivity index (χ0v) is 15.2. The van der Waals surface area contributed by atoms with Crippen LogP contribution in [0.25, 0.3) is 0 Å². The molecule has 0 saturated carbocycles. The summed E-state index contributed by atoms with van der Waals surface area (Å²) in [4.78, 5) is 9.80. The number of guanidine groups is 1. The van der Waals surface area contributed by atoms with Crippen molar-refractivity contribution in [2.45, 2.75) is 53.0 Å². The van der Waals surface area contributed by atoms with Crippen molar-refractivity contribution >= 4 is 5.96 Å². The van der Waals surface area contributed by atoms with Gasteiger partial charge in [0.05, 0.1) is 0 Å². The first-order valence-corrected chi connectivity index (χ1v) is 9.19. The molecule has 0 aromatic rings. The Morgan fingerprint density at radius 2 is 1.73 bits per heavy atom. The number of hydrogen-bond acceptors (Lipinski definition) is 3. The van der Waals surface area contributed by atoms with Crippen LogP contribution >= 0.6 is 0 Å². The van der Waals surface area contributed by atoms with E-state index < -0.39 is 0 Å². The highest BCUT2D eigenvalue weighted by molar-refractivity contribution is 5.79. The van der Waals surface area contributed by atoms with Crippen LogP contribution in [0.3, 0.4) is 0 Å². The predicted molar refractivity (Wildman–Crippen MR) is 96.7 cm³/mol. The van der Waals surface area contributed by atoms with E-state index in [2.05, 4.69) is 53.1 Å². The van der Waals surface area contributed by atoms with Gasteiger partial charge in [-0.25, -0.2) is 0 Å². The average molecular weight is 312 g/mol. The van der Waals surface area contributed by atoms with E-state index in [0.29, 0.717) is 6.04 Å². The summed E-state index contributed by atoms with van der Waals surface area (Å²) in [5.74, 6) is 0.966. The normalized spacial score (nSPS) is 19.2. The van der Waals surface area contributed by atoms with Crippen molar-refractivity contribution in [3.05, 3.63) is 0 Å². The lowest BCUT2D eigenvalue weighted by Crippen LogP contribution is -2.46. The summed E-state index contributed by atoms with van der Waals surface area (Å²) in [5, 5.41) is 6.76. The lowest BCUT2D eigenvalue weighted by molar-refractivity contribution is 0.136. The van der Waals surface area contributed by atoms with E-state index in [1.54, 1.807) is 0 Å². The van der Waals surface area contributed by atoms with E-state index in [-0.39, 0.29) is 0 Å². The summed E-state index contributed by atoms with van der Waals surface area (Å²) in [6.45, 7) is 17.9. The fourth-order valence-corrected chi connectivity index (χ4v) is 2.62. The number of nitrogens with one attached hydrogen (secondary N) is 2. The van der Waals surface area contributed by atoms with Gasteiger partial charge >= 0.3 is 0 Å². The van der Waals surface area contributed by atoms with Gasteiger partial charge in [0, 0.05) is 45.3 Å². The van der Waals surface area contributed by atoms with E-state index in [1.807, 2.05) is 0 Å². The second-order valence-corrected chi connectivity index (χ2v) is 6.20. The summed E-state index contributed by atoms with van der Waals surface area (Å²) in [5.41, 5.74) is 0. The second kappa shape index (κ2) is 11.7. The van der Waals surface area contributed by atoms with Gasteiger partial charge in [0.2, 0.25) is 0 Å². The Labute approximate surface area is 137 Å². The fourth-order valence-electron chi connectivity index (χ4n) is 2.62. The van der Waals surface area contributed by atoms with Crippen LogP contribution < -0.4 is 10.6 Å². The highest BCUT2D eigenvalue weighted by atomic mass is 15.3. The molecule has 0 aromatic heterocycles. The van der Waals surface area contributed by atoms with E-state index in [9.17, 15) is 0 Å². The quantitative estimate of drug-likeness (QED) is 0.387. The first-order valence-electron chi connectivity index (χ1n) is 9.19. The van der Waals surface area contributed by atoms with Crippen molar-refractivity contribution in [3.8, 4) is 0 Å². The minimum Gasteiger partial charge on any atom is -0.357 e. The van der Waals surface area contributed by atoms with Crippen LogP contribution in [0.5, 0.6) is 0 Å². The van der Waals surface area contributed by atoms with Gasteiger partial charge in [-0.05, 0) is 46.2 Å². The zero-order valence-electron chi connectivity index (χ0n) is 15.2. The summed E-state index contributed by atoms with van der Waals surface area (Å²) in [6.07, 6.45) is 3.54. The molecule has 0 radical (unpaired) electrons. The van der Waals surface area contributed by atoms with E-state index in [4.69, 9.17) is 0 Å². The second-order valence-electron chi connectivity index (χ2n) is 6.20. The molecule has 5 nitrogen and oxygen atoms in total. The summed E-state index contributed by atoms with van der Waals surface area (Å²) in [7, 11) is 0. The van der Waals surface area contributed by atoms with Gasteiger partial charge in [-0.2, -0.15) is 0 Å². The van der Waals surface area contributed by atoms with Crippen molar-refractivity contribution in [2.24, 2.45) is 4.99 Å². The Bertz CT molecular complexity index is 297. The molecule has 22 heavy (non-hydrogen) atoms.